The second kappa shape index (κ2) is 6.23. The summed E-state index contributed by atoms with van der Waals surface area (Å²) in [6, 6.07) is 10.2. The quantitative estimate of drug-likeness (QED) is 0.674. The van der Waals surface area contributed by atoms with Crippen LogP contribution < -0.4 is 4.74 Å². The largest absolute Gasteiger partial charge is 0.489 e. The summed E-state index contributed by atoms with van der Waals surface area (Å²) in [6.07, 6.45) is 0. The van der Waals surface area contributed by atoms with Gasteiger partial charge in [0, 0.05) is 22.7 Å². The maximum absolute atomic E-state index is 11.2. The van der Waals surface area contributed by atoms with Crippen LogP contribution in [0.3, 0.4) is 0 Å². The molecule has 0 bridgehead atoms. The Kier molecular flexibility index (Phi) is 4.39. The minimum atomic E-state index is -1.24. The molecule has 0 aliphatic heterocycles. The van der Waals surface area contributed by atoms with E-state index >= 15 is 0 Å². The zero-order valence-corrected chi connectivity index (χ0v) is 11.4. The van der Waals surface area contributed by atoms with E-state index in [1.807, 2.05) is 0 Å². The number of rotatable bonds is 5. The van der Waals surface area contributed by atoms with Gasteiger partial charge in [0.05, 0.1) is 10.5 Å². The molecule has 0 aromatic heterocycles. The van der Waals surface area contributed by atoms with Crippen molar-refractivity contribution in [2.24, 2.45) is 0 Å². The van der Waals surface area contributed by atoms with Crippen molar-refractivity contribution in [2.75, 3.05) is 0 Å². The summed E-state index contributed by atoms with van der Waals surface area (Å²) >= 11 is 5.75. The molecule has 0 atom stereocenters. The van der Waals surface area contributed by atoms with E-state index in [-0.39, 0.29) is 17.9 Å². The Morgan fingerprint density at radius 2 is 1.90 bits per heavy atom. The topological polar surface area (TPSA) is 89.7 Å². The lowest BCUT2D eigenvalue weighted by Crippen LogP contribution is -2.06. The van der Waals surface area contributed by atoms with Gasteiger partial charge in [-0.05, 0) is 30.3 Å². The van der Waals surface area contributed by atoms with E-state index in [1.165, 1.54) is 12.1 Å². The predicted octanol–water partition coefficient (Wildman–Crippen LogP) is 3.53. The van der Waals surface area contributed by atoms with Crippen LogP contribution in [0.1, 0.15) is 15.9 Å². The van der Waals surface area contributed by atoms with Crippen LogP contribution in [0.4, 0.5) is 5.69 Å². The third-order valence-electron chi connectivity index (χ3n) is 2.74. The van der Waals surface area contributed by atoms with Crippen molar-refractivity contribution < 1.29 is 19.6 Å². The first-order chi connectivity index (χ1) is 9.97. The van der Waals surface area contributed by atoms with Crippen molar-refractivity contribution >= 4 is 23.3 Å². The fourth-order valence-corrected chi connectivity index (χ4v) is 1.82. The number of hydrogen-bond acceptors (Lipinski definition) is 4. The number of nitro benzene ring substituents is 1. The highest BCUT2D eigenvalue weighted by Gasteiger charge is 2.16. The Labute approximate surface area is 124 Å². The van der Waals surface area contributed by atoms with E-state index in [0.29, 0.717) is 16.3 Å². The number of carboxylic acids is 1. The number of halogens is 1. The molecule has 0 radical (unpaired) electrons. The highest BCUT2D eigenvalue weighted by atomic mass is 35.5. The van der Waals surface area contributed by atoms with Crippen LogP contribution in [0.5, 0.6) is 5.75 Å². The molecule has 0 spiro atoms. The van der Waals surface area contributed by atoms with Gasteiger partial charge in [-0.25, -0.2) is 4.79 Å². The van der Waals surface area contributed by atoms with Gasteiger partial charge in [0.15, 0.2) is 0 Å². The van der Waals surface area contributed by atoms with Crippen LogP contribution in [-0.2, 0) is 6.61 Å². The van der Waals surface area contributed by atoms with Crippen molar-refractivity contribution in [3.8, 4) is 5.75 Å². The fraction of sp³-hybridized carbons (Fsp3) is 0.0714. The summed E-state index contributed by atoms with van der Waals surface area (Å²) in [7, 11) is 0. The van der Waals surface area contributed by atoms with Crippen LogP contribution >= 0.6 is 11.6 Å². The summed E-state index contributed by atoms with van der Waals surface area (Å²) < 4.78 is 5.45. The molecule has 1 N–H and O–H groups in total. The maximum atomic E-state index is 11.2. The van der Waals surface area contributed by atoms with E-state index in [1.54, 1.807) is 24.3 Å². The highest BCUT2D eigenvalue weighted by Crippen LogP contribution is 2.21. The predicted molar refractivity (Wildman–Crippen MR) is 75.8 cm³/mol. The van der Waals surface area contributed by atoms with Crippen molar-refractivity contribution in [3.63, 3.8) is 0 Å². The SMILES string of the molecule is O=C(O)c1cc([N+](=O)[O-])ccc1COc1ccc(Cl)cc1. The summed E-state index contributed by atoms with van der Waals surface area (Å²) in [6.45, 7) is -0.0126. The average molecular weight is 308 g/mol. The summed E-state index contributed by atoms with van der Waals surface area (Å²) in [5.41, 5.74) is -0.0798. The van der Waals surface area contributed by atoms with Crippen molar-refractivity contribution in [1.29, 1.82) is 0 Å². The average Bonchev–Trinajstić information content (AvgIpc) is 2.46. The van der Waals surface area contributed by atoms with Crippen molar-refractivity contribution in [2.45, 2.75) is 6.61 Å². The zero-order chi connectivity index (χ0) is 15.4. The second-order valence-corrected chi connectivity index (χ2v) is 4.58. The molecule has 6 nitrogen and oxygen atoms in total. The number of carboxylic acid groups (broad SMARTS) is 1. The molecule has 0 heterocycles. The monoisotopic (exact) mass is 307 g/mol. The highest BCUT2D eigenvalue weighted by molar-refractivity contribution is 6.30. The Bertz CT molecular complexity index is 684. The third-order valence-corrected chi connectivity index (χ3v) is 2.99. The van der Waals surface area contributed by atoms with E-state index in [9.17, 15) is 14.9 Å². The maximum Gasteiger partial charge on any atom is 0.336 e. The van der Waals surface area contributed by atoms with Crippen LogP contribution in [0.15, 0.2) is 42.5 Å². The molecule has 2 rings (SSSR count). The molecule has 0 aliphatic rings. The number of ether oxygens (including phenoxy) is 1. The normalized spacial score (nSPS) is 10.1. The number of nitro groups is 1. The molecule has 0 saturated carbocycles. The van der Waals surface area contributed by atoms with Gasteiger partial charge in [-0.3, -0.25) is 10.1 Å². The lowest BCUT2D eigenvalue weighted by molar-refractivity contribution is -0.384. The lowest BCUT2D eigenvalue weighted by atomic mass is 10.1. The number of carbonyl (C=O) groups is 1. The van der Waals surface area contributed by atoms with Gasteiger partial charge in [0.1, 0.15) is 12.4 Å². The summed E-state index contributed by atoms with van der Waals surface area (Å²) in [5.74, 6) is -0.720. The number of non-ortho nitro benzene ring substituents is 1. The van der Waals surface area contributed by atoms with Crippen molar-refractivity contribution in [1.82, 2.24) is 0 Å². The number of nitrogens with zero attached hydrogens (tertiary/aromatic N) is 1. The molecular weight excluding hydrogens is 298 g/mol. The van der Waals surface area contributed by atoms with E-state index in [2.05, 4.69) is 0 Å². The third kappa shape index (κ3) is 3.70. The van der Waals surface area contributed by atoms with Gasteiger partial charge in [0.2, 0.25) is 0 Å². The molecule has 7 heteroatoms. The molecule has 0 saturated heterocycles. The van der Waals surface area contributed by atoms with Crippen LogP contribution in [0.2, 0.25) is 5.02 Å². The number of benzene rings is 2. The minimum Gasteiger partial charge on any atom is -0.489 e. The van der Waals surface area contributed by atoms with Gasteiger partial charge in [-0.1, -0.05) is 11.6 Å². The lowest BCUT2D eigenvalue weighted by Gasteiger charge is -2.09. The molecular formula is C14H10ClNO5. The Balaban J connectivity index is 2.21. The molecule has 21 heavy (non-hydrogen) atoms. The molecule has 2 aromatic rings. The first-order valence-corrected chi connectivity index (χ1v) is 6.24. The molecule has 0 fully saturated rings. The van der Waals surface area contributed by atoms with Crippen LogP contribution in [0, 0.1) is 10.1 Å². The number of aromatic carboxylic acids is 1. The molecule has 0 unspecified atom stereocenters. The van der Waals surface area contributed by atoms with E-state index < -0.39 is 10.9 Å². The fourth-order valence-electron chi connectivity index (χ4n) is 1.69. The van der Waals surface area contributed by atoms with Crippen molar-refractivity contribution in [3.05, 3.63) is 68.7 Å². The van der Waals surface area contributed by atoms with E-state index in [0.717, 1.165) is 6.07 Å². The first-order valence-electron chi connectivity index (χ1n) is 5.86. The Morgan fingerprint density at radius 1 is 1.24 bits per heavy atom. The molecule has 0 amide bonds. The number of hydrogen-bond donors (Lipinski definition) is 1. The van der Waals surface area contributed by atoms with E-state index in [4.69, 9.17) is 21.4 Å². The van der Waals surface area contributed by atoms with Gasteiger partial charge in [-0.2, -0.15) is 0 Å². The van der Waals surface area contributed by atoms with Crippen LogP contribution in [0.25, 0.3) is 0 Å². The molecule has 0 aliphatic carbocycles. The standard InChI is InChI=1S/C14H10ClNO5/c15-10-2-5-12(6-3-10)21-8-9-1-4-11(16(19)20)7-13(9)14(17)18/h1-7H,8H2,(H,17,18). The Morgan fingerprint density at radius 3 is 2.48 bits per heavy atom. The van der Waals surface area contributed by atoms with Gasteiger partial charge in [0.25, 0.3) is 5.69 Å². The summed E-state index contributed by atoms with van der Waals surface area (Å²) in [4.78, 5) is 21.2. The Hall–Kier alpha value is -2.60. The van der Waals surface area contributed by atoms with Gasteiger partial charge >= 0.3 is 5.97 Å². The van der Waals surface area contributed by atoms with Gasteiger partial charge < -0.3 is 9.84 Å². The molecule has 108 valence electrons. The first kappa shape index (κ1) is 14.8. The minimum absolute atomic E-state index is 0.0126. The second-order valence-electron chi connectivity index (χ2n) is 4.15. The molecule has 2 aromatic carbocycles. The summed E-state index contributed by atoms with van der Waals surface area (Å²) in [5, 5.41) is 20.3. The van der Waals surface area contributed by atoms with Crippen LogP contribution in [-0.4, -0.2) is 16.0 Å². The zero-order valence-electron chi connectivity index (χ0n) is 10.7. The smallest absolute Gasteiger partial charge is 0.336 e. The van der Waals surface area contributed by atoms with Gasteiger partial charge in [-0.15, -0.1) is 0 Å².